The van der Waals surface area contributed by atoms with Crippen LogP contribution in [0, 0.1) is 13.8 Å². The molecule has 0 aliphatic carbocycles. The van der Waals surface area contributed by atoms with Gasteiger partial charge in [-0.3, -0.25) is 4.79 Å². The Labute approximate surface area is 141 Å². The van der Waals surface area contributed by atoms with Crippen LogP contribution < -0.4 is 10.1 Å². The molecule has 3 rings (SSSR count). The maximum absolute atomic E-state index is 12.1. The summed E-state index contributed by atoms with van der Waals surface area (Å²) in [6, 6.07) is 15.4. The van der Waals surface area contributed by atoms with Crippen LogP contribution >= 0.6 is 0 Å². The summed E-state index contributed by atoms with van der Waals surface area (Å²) < 4.78 is 11.4. The zero-order chi connectivity index (χ0) is 17.1. The van der Waals surface area contributed by atoms with Crippen molar-refractivity contribution in [2.45, 2.75) is 26.8 Å². The average Bonchev–Trinajstić information content (AvgIpc) is 2.98. The standard InChI is InChI=1S/C20H21NO3/c1-13-8-9-17(14(2)10-13)23-12-20(22)21-15(3)19-11-16-6-4-5-7-18(16)24-19/h4-11,15H,12H2,1-3H3,(H,21,22)/t15-/m1/s1. The molecule has 0 saturated carbocycles. The van der Waals surface area contributed by atoms with Crippen LogP contribution in [0.15, 0.2) is 52.9 Å². The summed E-state index contributed by atoms with van der Waals surface area (Å²) in [5.41, 5.74) is 3.01. The summed E-state index contributed by atoms with van der Waals surface area (Å²) in [4.78, 5) is 12.1. The lowest BCUT2D eigenvalue weighted by Crippen LogP contribution is -2.31. The molecule has 0 spiro atoms. The van der Waals surface area contributed by atoms with Gasteiger partial charge in [0, 0.05) is 5.39 Å². The third-order valence-corrected chi connectivity index (χ3v) is 3.94. The van der Waals surface area contributed by atoms with Crippen LogP contribution in [0.1, 0.15) is 29.9 Å². The Morgan fingerprint density at radius 3 is 2.71 bits per heavy atom. The molecule has 0 aliphatic rings. The lowest BCUT2D eigenvalue weighted by molar-refractivity contribution is -0.123. The maximum atomic E-state index is 12.1. The molecule has 2 aromatic carbocycles. The highest BCUT2D eigenvalue weighted by Gasteiger charge is 2.14. The van der Waals surface area contributed by atoms with Gasteiger partial charge in [-0.15, -0.1) is 0 Å². The number of hydrogen-bond acceptors (Lipinski definition) is 3. The molecule has 0 radical (unpaired) electrons. The fraction of sp³-hybridized carbons (Fsp3) is 0.250. The number of carbonyl (C=O) groups is 1. The minimum Gasteiger partial charge on any atom is -0.484 e. The van der Waals surface area contributed by atoms with Gasteiger partial charge in [-0.1, -0.05) is 35.9 Å². The van der Waals surface area contributed by atoms with E-state index in [4.69, 9.17) is 9.15 Å². The van der Waals surface area contributed by atoms with Crippen molar-refractivity contribution in [3.05, 3.63) is 65.4 Å². The number of amides is 1. The largest absolute Gasteiger partial charge is 0.484 e. The van der Waals surface area contributed by atoms with E-state index in [-0.39, 0.29) is 18.6 Å². The molecule has 124 valence electrons. The number of hydrogen-bond donors (Lipinski definition) is 1. The van der Waals surface area contributed by atoms with Gasteiger partial charge >= 0.3 is 0 Å². The highest BCUT2D eigenvalue weighted by molar-refractivity contribution is 5.79. The number of ether oxygens (including phenoxy) is 1. The van der Waals surface area contributed by atoms with Crippen LogP contribution in [0.5, 0.6) is 5.75 Å². The van der Waals surface area contributed by atoms with Gasteiger partial charge in [0.05, 0.1) is 6.04 Å². The molecule has 0 aliphatic heterocycles. The first-order valence-electron chi connectivity index (χ1n) is 8.01. The Bertz CT molecular complexity index is 833. The van der Waals surface area contributed by atoms with Crippen LogP contribution in [0.25, 0.3) is 11.0 Å². The fourth-order valence-electron chi connectivity index (χ4n) is 2.67. The van der Waals surface area contributed by atoms with Gasteiger partial charge in [0.25, 0.3) is 5.91 Å². The Morgan fingerprint density at radius 2 is 1.96 bits per heavy atom. The molecule has 0 bridgehead atoms. The Kier molecular flexibility index (Phi) is 4.56. The fourth-order valence-corrected chi connectivity index (χ4v) is 2.67. The number of carbonyl (C=O) groups excluding carboxylic acids is 1. The van der Waals surface area contributed by atoms with E-state index in [9.17, 15) is 4.79 Å². The van der Waals surface area contributed by atoms with Crippen molar-refractivity contribution in [1.82, 2.24) is 5.32 Å². The van der Waals surface area contributed by atoms with Crippen molar-refractivity contribution >= 4 is 16.9 Å². The van der Waals surface area contributed by atoms with Gasteiger partial charge in [-0.25, -0.2) is 0 Å². The number of benzene rings is 2. The van der Waals surface area contributed by atoms with Crippen molar-refractivity contribution in [2.24, 2.45) is 0 Å². The molecular formula is C20H21NO3. The molecule has 1 heterocycles. The minimum atomic E-state index is -0.215. The SMILES string of the molecule is Cc1ccc(OCC(=O)N[C@H](C)c2cc3ccccc3o2)c(C)c1. The Morgan fingerprint density at radius 1 is 1.17 bits per heavy atom. The molecule has 1 amide bonds. The van der Waals surface area contributed by atoms with E-state index in [1.165, 1.54) is 5.56 Å². The van der Waals surface area contributed by atoms with E-state index in [2.05, 4.69) is 5.32 Å². The predicted molar refractivity (Wildman–Crippen MR) is 94.2 cm³/mol. The van der Waals surface area contributed by atoms with Gasteiger partial charge in [-0.05, 0) is 44.5 Å². The summed E-state index contributed by atoms with van der Waals surface area (Å²) in [7, 11) is 0. The number of furan rings is 1. The van der Waals surface area contributed by atoms with E-state index in [1.807, 2.05) is 69.3 Å². The summed E-state index contributed by atoms with van der Waals surface area (Å²) in [6.45, 7) is 5.87. The molecule has 1 atom stereocenters. The zero-order valence-electron chi connectivity index (χ0n) is 14.1. The third-order valence-electron chi connectivity index (χ3n) is 3.94. The minimum absolute atomic E-state index is 0.0194. The monoisotopic (exact) mass is 323 g/mol. The van der Waals surface area contributed by atoms with Gasteiger partial charge < -0.3 is 14.5 Å². The van der Waals surface area contributed by atoms with Gasteiger partial charge in [0.15, 0.2) is 6.61 Å². The lowest BCUT2D eigenvalue weighted by atomic mass is 10.1. The number of fused-ring (bicyclic) bond motifs is 1. The summed E-state index contributed by atoms with van der Waals surface area (Å²) >= 11 is 0. The lowest BCUT2D eigenvalue weighted by Gasteiger charge is -2.13. The number of rotatable bonds is 5. The first kappa shape index (κ1) is 16.1. The molecular weight excluding hydrogens is 302 g/mol. The highest BCUT2D eigenvalue weighted by atomic mass is 16.5. The normalized spacial score (nSPS) is 12.1. The van der Waals surface area contributed by atoms with Crippen molar-refractivity contribution in [2.75, 3.05) is 6.61 Å². The summed E-state index contributed by atoms with van der Waals surface area (Å²) in [5, 5.41) is 3.93. The van der Waals surface area contributed by atoms with Crippen LogP contribution in [-0.2, 0) is 4.79 Å². The number of aryl methyl sites for hydroxylation is 2. The first-order valence-corrected chi connectivity index (χ1v) is 8.01. The molecule has 24 heavy (non-hydrogen) atoms. The highest BCUT2D eigenvalue weighted by Crippen LogP contribution is 2.23. The quantitative estimate of drug-likeness (QED) is 0.761. The molecule has 0 unspecified atom stereocenters. The molecule has 4 heteroatoms. The number of para-hydroxylation sites is 1. The molecule has 1 aromatic heterocycles. The second-order valence-electron chi connectivity index (χ2n) is 6.03. The third kappa shape index (κ3) is 3.59. The van der Waals surface area contributed by atoms with Gasteiger partial charge in [0.1, 0.15) is 17.1 Å². The summed E-state index contributed by atoms with van der Waals surface area (Å²) in [6.07, 6.45) is 0. The molecule has 0 fully saturated rings. The topological polar surface area (TPSA) is 51.5 Å². The molecule has 3 aromatic rings. The van der Waals surface area contributed by atoms with Gasteiger partial charge in [0.2, 0.25) is 0 Å². The van der Waals surface area contributed by atoms with E-state index < -0.39 is 0 Å². The van der Waals surface area contributed by atoms with Crippen molar-refractivity contribution in [1.29, 1.82) is 0 Å². The van der Waals surface area contributed by atoms with E-state index in [0.717, 1.165) is 28.0 Å². The van der Waals surface area contributed by atoms with Gasteiger partial charge in [-0.2, -0.15) is 0 Å². The molecule has 0 saturated heterocycles. The Hall–Kier alpha value is -2.75. The van der Waals surface area contributed by atoms with E-state index in [0.29, 0.717) is 0 Å². The van der Waals surface area contributed by atoms with Crippen molar-refractivity contribution in [3.63, 3.8) is 0 Å². The Balaban J connectivity index is 1.59. The smallest absolute Gasteiger partial charge is 0.258 e. The first-order chi connectivity index (χ1) is 11.5. The van der Waals surface area contributed by atoms with Crippen LogP contribution in [0.2, 0.25) is 0 Å². The van der Waals surface area contributed by atoms with Crippen LogP contribution in [-0.4, -0.2) is 12.5 Å². The second-order valence-corrected chi connectivity index (χ2v) is 6.03. The second kappa shape index (κ2) is 6.79. The maximum Gasteiger partial charge on any atom is 0.258 e. The number of nitrogens with one attached hydrogen (secondary N) is 1. The van der Waals surface area contributed by atoms with Crippen molar-refractivity contribution < 1.29 is 13.9 Å². The summed E-state index contributed by atoms with van der Waals surface area (Å²) in [5.74, 6) is 1.28. The zero-order valence-corrected chi connectivity index (χ0v) is 14.1. The van der Waals surface area contributed by atoms with E-state index in [1.54, 1.807) is 0 Å². The predicted octanol–water partition coefficient (Wildman–Crippen LogP) is 4.31. The molecule has 4 nitrogen and oxygen atoms in total. The molecule has 1 N–H and O–H groups in total. The van der Waals surface area contributed by atoms with Crippen LogP contribution in [0.3, 0.4) is 0 Å². The van der Waals surface area contributed by atoms with Crippen LogP contribution in [0.4, 0.5) is 0 Å². The average molecular weight is 323 g/mol. The van der Waals surface area contributed by atoms with Crippen molar-refractivity contribution in [3.8, 4) is 5.75 Å². The van der Waals surface area contributed by atoms with E-state index >= 15 is 0 Å².